The number of hydrogen-bond acceptors (Lipinski definition) is 3. The Morgan fingerprint density at radius 2 is 1.81 bits per heavy atom. The number of fused-ring (bicyclic) bond motifs is 1. The predicted molar refractivity (Wildman–Crippen MR) is 90.3 cm³/mol. The molecule has 0 aliphatic carbocycles. The monoisotopic (exact) mass is 294 g/mol. The molecule has 2 N–H and O–H groups in total. The van der Waals surface area contributed by atoms with Gasteiger partial charge in [0, 0.05) is 28.3 Å². The van der Waals surface area contributed by atoms with Gasteiger partial charge < -0.3 is 5.73 Å². The molecule has 0 saturated carbocycles. The topological polar surface area (TPSA) is 38.9 Å². The molecule has 0 fully saturated rings. The zero-order chi connectivity index (χ0) is 14.7. The second-order valence-corrected chi connectivity index (χ2v) is 6.19. The van der Waals surface area contributed by atoms with Gasteiger partial charge in [0.15, 0.2) is 0 Å². The fraction of sp³-hybridized carbons (Fsp3) is 0.167. The predicted octanol–water partition coefficient (Wildman–Crippen LogP) is 4.55. The van der Waals surface area contributed by atoms with Crippen LogP contribution in [0.4, 0.5) is 0 Å². The third-order valence-electron chi connectivity index (χ3n) is 3.52. The summed E-state index contributed by atoms with van der Waals surface area (Å²) < 4.78 is 0. The maximum absolute atomic E-state index is 5.88. The van der Waals surface area contributed by atoms with Crippen LogP contribution in [0.25, 0.3) is 10.9 Å². The molecule has 0 amide bonds. The third kappa shape index (κ3) is 3.26. The highest BCUT2D eigenvalue weighted by Gasteiger charge is 2.04. The van der Waals surface area contributed by atoms with E-state index in [9.17, 15) is 0 Å². The summed E-state index contributed by atoms with van der Waals surface area (Å²) in [6.07, 6.45) is 1.86. The Hall–Kier alpha value is -1.84. The molecule has 0 bridgehead atoms. The van der Waals surface area contributed by atoms with E-state index in [2.05, 4.69) is 53.5 Å². The summed E-state index contributed by atoms with van der Waals surface area (Å²) in [6.45, 7) is 2.00. The molecule has 1 atom stereocenters. The van der Waals surface area contributed by atoms with Crippen molar-refractivity contribution < 1.29 is 0 Å². The van der Waals surface area contributed by atoms with Gasteiger partial charge in [0.25, 0.3) is 0 Å². The number of rotatable bonds is 4. The first-order valence-electron chi connectivity index (χ1n) is 7.05. The van der Waals surface area contributed by atoms with E-state index in [-0.39, 0.29) is 6.04 Å². The summed E-state index contributed by atoms with van der Waals surface area (Å²) in [4.78, 5) is 5.76. The van der Waals surface area contributed by atoms with E-state index in [1.54, 1.807) is 0 Å². The zero-order valence-electron chi connectivity index (χ0n) is 12.0. The highest BCUT2D eigenvalue weighted by Crippen LogP contribution is 2.27. The average molecular weight is 294 g/mol. The normalized spacial score (nSPS) is 12.5. The minimum absolute atomic E-state index is 0.0892. The maximum Gasteiger partial charge on any atom is 0.0742 e. The van der Waals surface area contributed by atoms with E-state index in [1.807, 2.05) is 30.9 Å². The molecule has 1 aromatic heterocycles. The van der Waals surface area contributed by atoms with Gasteiger partial charge >= 0.3 is 0 Å². The smallest absolute Gasteiger partial charge is 0.0742 e. The molecule has 2 nitrogen and oxygen atoms in total. The van der Waals surface area contributed by atoms with E-state index in [0.29, 0.717) is 0 Å². The van der Waals surface area contributed by atoms with Crippen LogP contribution in [0.5, 0.6) is 0 Å². The summed E-state index contributed by atoms with van der Waals surface area (Å²) in [7, 11) is 0. The van der Waals surface area contributed by atoms with E-state index in [1.165, 1.54) is 21.4 Å². The lowest BCUT2D eigenvalue weighted by Crippen LogP contribution is -2.04. The van der Waals surface area contributed by atoms with Crippen molar-refractivity contribution in [3.63, 3.8) is 0 Å². The van der Waals surface area contributed by atoms with Crippen LogP contribution in [0.1, 0.15) is 24.1 Å². The van der Waals surface area contributed by atoms with E-state index in [4.69, 9.17) is 5.73 Å². The Labute approximate surface area is 129 Å². The molecule has 0 radical (unpaired) electrons. The fourth-order valence-corrected chi connectivity index (χ4v) is 3.20. The lowest BCUT2D eigenvalue weighted by Gasteiger charge is -2.08. The van der Waals surface area contributed by atoms with Gasteiger partial charge in [-0.3, -0.25) is 4.98 Å². The van der Waals surface area contributed by atoms with Crippen LogP contribution in [-0.4, -0.2) is 4.98 Å². The highest BCUT2D eigenvalue weighted by molar-refractivity contribution is 7.98. The van der Waals surface area contributed by atoms with Crippen molar-refractivity contribution in [2.24, 2.45) is 5.73 Å². The molecule has 3 heteroatoms. The van der Waals surface area contributed by atoms with Crippen molar-refractivity contribution in [3.8, 4) is 0 Å². The standard InChI is InChI=1S/C18H18N2S/c1-13(19)14-7-9-17(10-8-14)21-12-16-5-2-4-15-6-3-11-20-18(15)16/h2-11,13H,12,19H2,1H3. The van der Waals surface area contributed by atoms with Gasteiger partial charge in [0.1, 0.15) is 0 Å². The SMILES string of the molecule is CC(N)c1ccc(SCc2cccc3cccnc23)cc1. The number of pyridine rings is 1. The van der Waals surface area contributed by atoms with Crippen LogP contribution in [0.2, 0.25) is 0 Å². The molecular formula is C18H18N2S. The van der Waals surface area contributed by atoms with Gasteiger partial charge in [-0.15, -0.1) is 11.8 Å². The van der Waals surface area contributed by atoms with Gasteiger partial charge in [0.05, 0.1) is 5.52 Å². The number of nitrogens with zero attached hydrogens (tertiary/aromatic N) is 1. The second-order valence-electron chi connectivity index (χ2n) is 5.14. The van der Waals surface area contributed by atoms with Gasteiger partial charge in [-0.05, 0) is 36.2 Å². The van der Waals surface area contributed by atoms with Crippen LogP contribution in [0.3, 0.4) is 0 Å². The Morgan fingerprint density at radius 3 is 2.57 bits per heavy atom. The molecule has 3 rings (SSSR count). The molecule has 0 aliphatic heterocycles. The van der Waals surface area contributed by atoms with E-state index in [0.717, 1.165) is 11.3 Å². The molecule has 2 aromatic carbocycles. The molecule has 106 valence electrons. The average Bonchev–Trinajstić information content (AvgIpc) is 2.53. The molecule has 1 heterocycles. The quantitative estimate of drug-likeness (QED) is 0.718. The number of para-hydroxylation sites is 1. The summed E-state index contributed by atoms with van der Waals surface area (Å²) >= 11 is 1.83. The highest BCUT2D eigenvalue weighted by atomic mass is 32.2. The van der Waals surface area contributed by atoms with Crippen LogP contribution >= 0.6 is 11.8 Å². The Kier molecular flexibility index (Phi) is 4.23. The van der Waals surface area contributed by atoms with E-state index < -0.39 is 0 Å². The van der Waals surface area contributed by atoms with Crippen molar-refractivity contribution in [1.29, 1.82) is 0 Å². The van der Waals surface area contributed by atoms with Gasteiger partial charge in [0.2, 0.25) is 0 Å². The summed E-state index contributed by atoms with van der Waals surface area (Å²) in [5.74, 6) is 0.922. The Bertz CT molecular complexity index is 730. The zero-order valence-corrected chi connectivity index (χ0v) is 12.8. The lowest BCUT2D eigenvalue weighted by molar-refractivity contribution is 0.817. The first-order chi connectivity index (χ1) is 10.2. The molecule has 1 unspecified atom stereocenters. The Balaban J connectivity index is 1.77. The van der Waals surface area contributed by atoms with Crippen LogP contribution in [0, 0.1) is 0 Å². The summed E-state index contributed by atoms with van der Waals surface area (Å²) in [5.41, 5.74) is 9.42. The van der Waals surface area contributed by atoms with Crippen LogP contribution < -0.4 is 5.73 Å². The second kappa shape index (κ2) is 6.29. The minimum Gasteiger partial charge on any atom is -0.324 e. The molecular weight excluding hydrogens is 276 g/mol. The van der Waals surface area contributed by atoms with Crippen LogP contribution in [-0.2, 0) is 5.75 Å². The lowest BCUT2D eigenvalue weighted by atomic mass is 10.1. The molecule has 0 spiro atoms. The molecule has 0 saturated heterocycles. The fourth-order valence-electron chi connectivity index (χ4n) is 2.31. The number of nitrogens with two attached hydrogens (primary N) is 1. The van der Waals surface area contributed by atoms with Crippen molar-refractivity contribution >= 4 is 22.7 Å². The van der Waals surface area contributed by atoms with Crippen molar-refractivity contribution in [1.82, 2.24) is 4.98 Å². The first kappa shape index (κ1) is 14.1. The number of aromatic nitrogens is 1. The van der Waals surface area contributed by atoms with E-state index >= 15 is 0 Å². The first-order valence-corrected chi connectivity index (χ1v) is 8.03. The van der Waals surface area contributed by atoms with Crippen molar-refractivity contribution in [2.75, 3.05) is 0 Å². The van der Waals surface area contributed by atoms with Crippen LogP contribution in [0.15, 0.2) is 65.7 Å². The number of benzene rings is 2. The van der Waals surface area contributed by atoms with Gasteiger partial charge in [-0.25, -0.2) is 0 Å². The molecule has 0 aliphatic rings. The summed E-state index contributed by atoms with van der Waals surface area (Å²) in [6, 6.07) is 19.0. The van der Waals surface area contributed by atoms with Crippen molar-refractivity contribution in [2.45, 2.75) is 23.6 Å². The molecule has 21 heavy (non-hydrogen) atoms. The minimum atomic E-state index is 0.0892. The third-order valence-corrected chi connectivity index (χ3v) is 4.58. The van der Waals surface area contributed by atoms with Gasteiger partial charge in [-0.2, -0.15) is 0 Å². The Morgan fingerprint density at radius 1 is 1.05 bits per heavy atom. The largest absolute Gasteiger partial charge is 0.324 e. The number of hydrogen-bond donors (Lipinski definition) is 1. The van der Waals surface area contributed by atoms with Gasteiger partial charge in [-0.1, -0.05) is 36.4 Å². The molecule has 3 aromatic rings. The maximum atomic E-state index is 5.88. The number of thioether (sulfide) groups is 1. The summed E-state index contributed by atoms with van der Waals surface area (Å²) in [5, 5.41) is 1.20. The van der Waals surface area contributed by atoms with Crippen molar-refractivity contribution in [3.05, 3.63) is 71.9 Å².